The van der Waals surface area contributed by atoms with Crippen LogP contribution >= 0.6 is 21.6 Å². The summed E-state index contributed by atoms with van der Waals surface area (Å²) in [5.74, 6) is 0.00443. The molecule has 1 fully saturated rings. The van der Waals surface area contributed by atoms with Crippen molar-refractivity contribution in [3.63, 3.8) is 0 Å². The number of aliphatic carboxylic acids is 1. The third-order valence-corrected chi connectivity index (χ3v) is 8.90. The second-order valence-corrected chi connectivity index (χ2v) is 10.6. The van der Waals surface area contributed by atoms with E-state index in [2.05, 4.69) is 0 Å². The molecule has 4 nitrogen and oxygen atoms in total. The van der Waals surface area contributed by atoms with E-state index in [9.17, 15) is 9.00 Å². The maximum absolute atomic E-state index is 13.1. The number of carboxylic acid groups (broad SMARTS) is 1. The summed E-state index contributed by atoms with van der Waals surface area (Å²) in [7, 11) is 0.00762. The molecular formula is C18H19NO3S3. The second-order valence-electron chi connectivity index (χ2n) is 6.23. The molecule has 2 aromatic rings. The van der Waals surface area contributed by atoms with Gasteiger partial charge < -0.3 is 5.11 Å². The summed E-state index contributed by atoms with van der Waals surface area (Å²) in [5, 5.41) is 9.00. The average Bonchev–Trinajstić information content (AvgIpc) is 3.34. The highest BCUT2D eigenvalue weighted by atomic mass is 33.1. The fourth-order valence-electron chi connectivity index (χ4n) is 2.58. The van der Waals surface area contributed by atoms with Gasteiger partial charge in [0.1, 0.15) is 9.73 Å². The highest BCUT2D eigenvalue weighted by Crippen LogP contribution is 2.53. The van der Waals surface area contributed by atoms with Crippen LogP contribution in [0.2, 0.25) is 0 Å². The lowest BCUT2D eigenvalue weighted by atomic mass is 10.1. The lowest BCUT2D eigenvalue weighted by Gasteiger charge is -2.14. The Balaban J connectivity index is 1.75. The Bertz CT molecular complexity index is 862. The number of carbonyl (C=O) groups is 1. The van der Waals surface area contributed by atoms with Crippen molar-refractivity contribution in [1.29, 1.82) is 4.78 Å². The number of hydrogen-bond donors (Lipinski definition) is 2. The van der Waals surface area contributed by atoms with Crippen molar-refractivity contribution in [1.82, 2.24) is 0 Å². The van der Waals surface area contributed by atoms with Crippen LogP contribution in [-0.2, 0) is 14.5 Å². The lowest BCUT2D eigenvalue weighted by molar-refractivity contribution is -0.138. The quantitative estimate of drug-likeness (QED) is 0.607. The predicted molar refractivity (Wildman–Crippen MR) is 103 cm³/mol. The first-order valence-corrected chi connectivity index (χ1v) is 11.7. The van der Waals surface area contributed by atoms with E-state index in [0.717, 1.165) is 23.5 Å². The van der Waals surface area contributed by atoms with Gasteiger partial charge in [0.05, 0.1) is 16.2 Å². The minimum Gasteiger partial charge on any atom is -0.481 e. The molecule has 1 atom stereocenters. The lowest BCUT2D eigenvalue weighted by Crippen LogP contribution is -2.10. The van der Waals surface area contributed by atoms with Gasteiger partial charge in [-0.2, -0.15) is 0 Å². The molecule has 1 aliphatic carbocycles. The van der Waals surface area contributed by atoms with Crippen molar-refractivity contribution < 1.29 is 14.1 Å². The highest BCUT2D eigenvalue weighted by molar-refractivity contribution is 8.76. The van der Waals surface area contributed by atoms with Crippen LogP contribution < -0.4 is 0 Å². The first kappa shape index (κ1) is 18.4. The third-order valence-electron chi connectivity index (χ3n) is 4.23. The molecule has 25 heavy (non-hydrogen) atoms. The largest absolute Gasteiger partial charge is 0.481 e. The number of nitrogens with one attached hydrogen (secondary N) is 1. The van der Waals surface area contributed by atoms with Gasteiger partial charge in [-0.15, -0.1) is 0 Å². The van der Waals surface area contributed by atoms with Crippen molar-refractivity contribution in [2.45, 2.75) is 33.9 Å². The van der Waals surface area contributed by atoms with E-state index in [1.165, 1.54) is 10.8 Å². The Morgan fingerprint density at radius 1 is 1.12 bits per heavy atom. The zero-order chi connectivity index (χ0) is 17.9. The standard InChI is InChI=1S/C18H19NO3S3/c19-25(22,14-6-2-1-3-7-14)16-9-5-4-8-15(16)24-23-13-18(10-11-18)12-17(20)21/h1-9,19H,10-13H2,(H,20,21). The topological polar surface area (TPSA) is 78.2 Å². The molecule has 0 bridgehead atoms. The SMILES string of the molecule is N=S(=O)(c1ccccc1)c1ccccc1SSCC1(CC(=O)O)CC1. The van der Waals surface area contributed by atoms with E-state index in [1.807, 2.05) is 18.2 Å². The number of benzene rings is 2. The Hall–Kier alpha value is -1.44. The summed E-state index contributed by atoms with van der Waals surface area (Å²) in [6, 6.07) is 16.1. The van der Waals surface area contributed by atoms with Gasteiger partial charge >= 0.3 is 5.97 Å². The van der Waals surface area contributed by atoms with Crippen LogP contribution in [-0.4, -0.2) is 21.0 Å². The maximum atomic E-state index is 13.1. The molecule has 0 spiro atoms. The van der Waals surface area contributed by atoms with Gasteiger partial charge in [0.2, 0.25) is 0 Å². The molecule has 0 heterocycles. The normalized spacial score (nSPS) is 17.6. The zero-order valence-electron chi connectivity index (χ0n) is 13.5. The Morgan fingerprint density at radius 3 is 2.40 bits per heavy atom. The minimum atomic E-state index is -3.07. The Morgan fingerprint density at radius 2 is 1.76 bits per heavy atom. The molecule has 132 valence electrons. The molecule has 1 aliphatic rings. The molecule has 0 aliphatic heterocycles. The molecule has 1 unspecified atom stereocenters. The van der Waals surface area contributed by atoms with Gasteiger partial charge in [-0.3, -0.25) is 4.79 Å². The number of hydrogen-bond acceptors (Lipinski definition) is 5. The first-order valence-electron chi connectivity index (χ1n) is 7.87. The monoisotopic (exact) mass is 393 g/mol. The van der Waals surface area contributed by atoms with Gasteiger partial charge in [-0.05, 0) is 42.5 Å². The fraction of sp³-hybridized carbons (Fsp3) is 0.278. The van der Waals surface area contributed by atoms with E-state index >= 15 is 0 Å². The molecule has 7 heteroatoms. The van der Waals surface area contributed by atoms with Gasteiger partial charge in [0.15, 0.2) is 0 Å². The van der Waals surface area contributed by atoms with E-state index in [0.29, 0.717) is 9.79 Å². The van der Waals surface area contributed by atoms with Crippen molar-refractivity contribution in [2.75, 3.05) is 5.75 Å². The molecule has 1 saturated carbocycles. The van der Waals surface area contributed by atoms with E-state index in [4.69, 9.17) is 9.89 Å². The van der Waals surface area contributed by atoms with Crippen LogP contribution in [0.15, 0.2) is 69.3 Å². The van der Waals surface area contributed by atoms with Gasteiger partial charge in [0, 0.05) is 10.6 Å². The molecular weight excluding hydrogens is 374 g/mol. The summed E-state index contributed by atoms with van der Waals surface area (Å²) in [5.41, 5.74) is -0.0831. The summed E-state index contributed by atoms with van der Waals surface area (Å²) in [6.07, 6.45) is 2.11. The molecule has 2 N–H and O–H groups in total. The molecule has 3 rings (SSSR count). The Labute approximate surface area is 155 Å². The summed E-state index contributed by atoms with van der Waals surface area (Å²) in [4.78, 5) is 12.8. The van der Waals surface area contributed by atoms with E-state index < -0.39 is 15.7 Å². The van der Waals surface area contributed by atoms with Gasteiger partial charge in [0.25, 0.3) is 0 Å². The summed E-state index contributed by atoms with van der Waals surface area (Å²) in [6.45, 7) is 0. The van der Waals surface area contributed by atoms with Crippen molar-refractivity contribution in [2.24, 2.45) is 5.41 Å². The molecule has 0 saturated heterocycles. The maximum Gasteiger partial charge on any atom is 0.303 e. The van der Waals surface area contributed by atoms with Crippen LogP contribution in [0.3, 0.4) is 0 Å². The smallest absolute Gasteiger partial charge is 0.303 e. The fourth-order valence-corrected chi connectivity index (χ4v) is 7.49. The molecule has 0 radical (unpaired) electrons. The molecule has 0 aromatic heterocycles. The molecule has 0 amide bonds. The average molecular weight is 394 g/mol. The van der Waals surface area contributed by atoms with E-state index in [-0.39, 0.29) is 11.8 Å². The summed E-state index contributed by atoms with van der Waals surface area (Å²) >= 11 is 0. The first-order chi connectivity index (χ1) is 11.9. The second kappa shape index (κ2) is 7.43. The van der Waals surface area contributed by atoms with Crippen molar-refractivity contribution in [3.05, 3.63) is 54.6 Å². The predicted octanol–water partition coefficient (Wildman–Crippen LogP) is 5.15. The van der Waals surface area contributed by atoms with Crippen molar-refractivity contribution >= 4 is 37.3 Å². The molecule has 2 aromatic carbocycles. The van der Waals surface area contributed by atoms with Gasteiger partial charge in [-0.1, -0.05) is 51.9 Å². The number of rotatable bonds is 8. The number of carboxylic acids is 1. The van der Waals surface area contributed by atoms with Crippen LogP contribution in [0.5, 0.6) is 0 Å². The third kappa shape index (κ3) is 4.40. The van der Waals surface area contributed by atoms with Crippen LogP contribution in [0.1, 0.15) is 19.3 Å². The zero-order valence-corrected chi connectivity index (χ0v) is 16.0. The summed E-state index contributed by atoms with van der Waals surface area (Å²) < 4.78 is 21.5. The highest BCUT2D eigenvalue weighted by Gasteiger charge is 2.44. The van der Waals surface area contributed by atoms with Crippen LogP contribution in [0.4, 0.5) is 0 Å². The van der Waals surface area contributed by atoms with E-state index in [1.54, 1.807) is 47.2 Å². The minimum absolute atomic E-state index is 0.0831. The van der Waals surface area contributed by atoms with Gasteiger partial charge in [-0.25, -0.2) is 8.99 Å². The van der Waals surface area contributed by atoms with Crippen molar-refractivity contribution in [3.8, 4) is 0 Å². The van der Waals surface area contributed by atoms with Crippen LogP contribution in [0, 0.1) is 10.2 Å². The Kier molecular flexibility index (Phi) is 5.46. The van der Waals surface area contributed by atoms with Crippen LogP contribution in [0.25, 0.3) is 0 Å².